The van der Waals surface area contributed by atoms with Gasteiger partial charge in [0.25, 0.3) is 0 Å². The van der Waals surface area contributed by atoms with E-state index in [1.54, 1.807) is 6.07 Å². The summed E-state index contributed by atoms with van der Waals surface area (Å²) in [5.41, 5.74) is -2.20. The number of hydrogen-bond acceptors (Lipinski definition) is 4. The molecule has 0 atom stereocenters. The van der Waals surface area contributed by atoms with Gasteiger partial charge < -0.3 is 4.90 Å². The van der Waals surface area contributed by atoms with E-state index in [0.717, 1.165) is 11.1 Å². The molecule has 0 N–H and O–H groups in total. The maximum atomic E-state index is 14.2. The van der Waals surface area contributed by atoms with Crippen molar-refractivity contribution in [3.05, 3.63) is 53.6 Å². The van der Waals surface area contributed by atoms with Crippen molar-refractivity contribution in [2.45, 2.75) is 19.0 Å². The van der Waals surface area contributed by atoms with E-state index in [1.165, 1.54) is 29.2 Å². The van der Waals surface area contributed by atoms with Gasteiger partial charge in [-0.15, -0.1) is 0 Å². The average molecular weight is 408 g/mol. The summed E-state index contributed by atoms with van der Waals surface area (Å²) in [4.78, 5) is 18.3. The highest BCUT2D eigenvalue weighted by Gasteiger charge is 2.37. The summed E-state index contributed by atoms with van der Waals surface area (Å²) in [6.07, 6.45) is -3.52. The molecule has 0 spiro atoms. The second-order valence-electron chi connectivity index (χ2n) is 5.92. The number of rotatable bonds is 2. The summed E-state index contributed by atoms with van der Waals surface area (Å²) < 4.78 is 54.0. The Morgan fingerprint density at radius 1 is 1.25 bits per heavy atom. The summed E-state index contributed by atoms with van der Waals surface area (Å²) in [5.74, 6) is -1.11. The number of alkyl halides is 3. The predicted molar refractivity (Wildman–Crippen MR) is 97.0 cm³/mol. The standard InChI is InChI=1S/C18H12F4N4OS/c19-13-4-1-2-5-15(13)25-7-3-6-16(27)26(17(25)28)11-8-12(18(20,21)22)14(9-23)24-10-11/h1-2,4-5,8,10H,3,6-7H2. The molecular formula is C18H12F4N4OS. The summed E-state index contributed by atoms with van der Waals surface area (Å²) in [5, 5.41) is 8.72. The van der Waals surface area contributed by atoms with Crippen LogP contribution < -0.4 is 9.80 Å². The van der Waals surface area contributed by atoms with Gasteiger partial charge in [-0.1, -0.05) is 12.1 Å². The molecule has 3 rings (SSSR count). The van der Waals surface area contributed by atoms with Crippen LogP contribution in [0.5, 0.6) is 0 Å². The highest BCUT2D eigenvalue weighted by atomic mass is 32.1. The summed E-state index contributed by atoms with van der Waals surface area (Å²) in [7, 11) is 0. The largest absolute Gasteiger partial charge is 0.419 e. The van der Waals surface area contributed by atoms with Gasteiger partial charge in [0, 0.05) is 13.0 Å². The fourth-order valence-electron chi connectivity index (χ4n) is 2.85. The topological polar surface area (TPSA) is 60.2 Å². The summed E-state index contributed by atoms with van der Waals surface area (Å²) in [6.45, 7) is 0.220. The first-order chi connectivity index (χ1) is 13.2. The van der Waals surface area contributed by atoms with Crippen molar-refractivity contribution < 1.29 is 22.4 Å². The molecule has 10 heteroatoms. The Morgan fingerprint density at radius 2 is 1.96 bits per heavy atom. The van der Waals surface area contributed by atoms with Crippen molar-refractivity contribution >= 4 is 34.6 Å². The first-order valence-corrected chi connectivity index (χ1v) is 8.51. The van der Waals surface area contributed by atoms with Crippen molar-refractivity contribution in [2.75, 3.05) is 16.3 Å². The number of aromatic nitrogens is 1. The third kappa shape index (κ3) is 3.66. The molecule has 2 heterocycles. The zero-order valence-electron chi connectivity index (χ0n) is 14.2. The monoisotopic (exact) mass is 408 g/mol. The molecule has 2 aromatic rings. The number of nitrogens with zero attached hydrogens (tertiary/aromatic N) is 4. The first kappa shape index (κ1) is 19.7. The number of carbonyl (C=O) groups excluding carboxylic acids is 1. The highest BCUT2D eigenvalue weighted by Crippen LogP contribution is 2.34. The zero-order chi connectivity index (χ0) is 20.5. The molecule has 0 bridgehead atoms. The van der Waals surface area contributed by atoms with Crippen molar-refractivity contribution in [2.24, 2.45) is 0 Å². The van der Waals surface area contributed by atoms with Crippen LogP contribution >= 0.6 is 12.2 Å². The van der Waals surface area contributed by atoms with Gasteiger partial charge in [0.15, 0.2) is 10.8 Å². The molecule has 5 nitrogen and oxygen atoms in total. The van der Waals surface area contributed by atoms with Crippen molar-refractivity contribution in [3.8, 4) is 6.07 Å². The maximum Gasteiger partial charge on any atom is 0.419 e. The lowest BCUT2D eigenvalue weighted by atomic mass is 10.1. The molecule has 28 heavy (non-hydrogen) atoms. The van der Waals surface area contributed by atoms with Gasteiger partial charge in [-0.3, -0.25) is 9.69 Å². The Bertz CT molecular complexity index is 986. The number of thiocarbonyl (C=S) groups is 1. The fourth-order valence-corrected chi connectivity index (χ4v) is 3.25. The number of anilines is 2. The van der Waals surface area contributed by atoms with Crippen LogP contribution in [0.4, 0.5) is 28.9 Å². The summed E-state index contributed by atoms with van der Waals surface area (Å²) in [6, 6.07) is 7.80. The van der Waals surface area contributed by atoms with Gasteiger partial charge in [0.2, 0.25) is 5.91 Å². The van der Waals surface area contributed by atoms with Gasteiger partial charge in [-0.25, -0.2) is 9.37 Å². The Kier molecular flexibility index (Phi) is 5.29. The van der Waals surface area contributed by atoms with Gasteiger partial charge >= 0.3 is 6.18 Å². The van der Waals surface area contributed by atoms with Crippen LogP contribution in [-0.2, 0) is 11.0 Å². The molecule has 0 unspecified atom stereocenters. The third-order valence-corrected chi connectivity index (χ3v) is 4.53. The SMILES string of the molecule is N#Cc1ncc(N2C(=O)CCCN(c3ccccc3F)C2=S)cc1C(F)(F)F. The lowest BCUT2D eigenvalue weighted by Crippen LogP contribution is -2.44. The molecule has 0 aliphatic carbocycles. The van der Waals surface area contributed by atoms with E-state index in [-0.39, 0.29) is 29.5 Å². The number of hydrogen-bond donors (Lipinski definition) is 0. The molecule has 0 radical (unpaired) electrons. The maximum absolute atomic E-state index is 14.2. The minimum absolute atomic E-state index is 0.00639. The van der Waals surface area contributed by atoms with E-state index in [4.69, 9.17) is 17.5 Å². The van der Waals surface area contributed by atoms with Crippen LogP contribution in [0.3, 0.4) is 0 Å². The van der Waals surface area contributed by atoms with Crippen LogP contribution in [0.1, 0.15) is 24.1 Å². The molecule has 1 amide bonds. The van der Waals surface area contributed by atoms with E-state index in [1.807, 2.05) is 0 Å². The second kappa shape index (κ2) is 7.52. The molecule has 1 saturated heterocycles. The van der Waals surface area contributed by atoms with Crippen LogP contribution in [0.25, 0.3) is 0 Å². The Labute approximate surface area is 162 Å². The summed E-state index contributed by atoms with van der Waals surface area (Å²) >= 11 is 5.32. The molecule has 1 aromatic carbocycles. The number of carbonyl (C=O) groups is 1. The van der Waals surface area contributed by atoms with Crippen LogP contribution in [0, 0.1) is 17.1 Å². The molecule has 1 aromatic heterocycles. The molecule has 1 aliphatic heterocycles. The van der Waals surface area contributed by atoms with Crippen molar-refractivity contribution in [1.82, 2.24) is 4.98 Å². The minimum Gasteiger partial charge on any atom is -0.316 e. The van der Waals surface area contributed by atoms with Crippen molar-refractivity contribution in [1.29, 1.82) is 5.26 Å². The highest BCUT2D eigenvalue weighted by molar-refractivity contribution is 7.81. The Hall–Kier alpha value is -3.06. The molecule has 0 saturated carbocycles. The number of halogens is 4. The third-order valence-electron chi connectivity index (χ3n) is 4.13. The molecule has 144 valence electrons. The van der Waals surface area contributed by atoms with E-state index in [9.17, 15) is 22.4 Å². The quantitative estimate of drug-likeness (QED) is 0.555. The lowest BCUT2D eigenvalue weighted by molar-refractivity contribution is -0.138. The van der Waals surface area contributed by atoms with Gasteiger partial charge in [0.1, 0.15) is 11.9 Å². The Balaban J connectivity index is 2.09. The fraction of sp³-hybridized carbons (Fsp3) is 0.222. The molecule has 1 aliphatic rings. The molecular weight excluding hydrogens is 396 g/mol. The molecule has 1 fully saturated rings. The van der Waals surface area contributed by atoms with E-state index < -0.39 is 29.2 Å². The van der Waals surface area contributed by atoms with Gasteiger partial charge in [-0.05, 0) is 36.8 Å². The van der Waals surface area contributed by atoms with Crippen LogP contribution in [0.15, 0.2) is 36.5 Å². The Morgan fingerprint density at radius 3 is 2.61 bits per heavy atom. The second-order valence-corrected chi connectivity index (χ2v) is 6.28. The number of amides is 1. The average Bonchev–Trinajstić information content (AvgIpc) is 2.79. The number of pyridine rings is 1. The smallest absolute Gasteiger partial charge is 0.316 e. The zero-order valence-corrected chi connectivity index (χ0v) is 15.0. The predicted octanol–water partition coefficient (Wildman–Crippen LogP) is 4.03. The first-order valence-electron chi connectivity index (χ1n) is 8.10. The van der Waals surface area contributed by atoms with Crippen LogP contribution in [0.2, 0.25) is 0 Å². The van der Waals surface area contributed by atoms with E-state index in [0.29, 0.717) is 12.5 Å². The minimum atomic E-state index is -4.84. The number of para-hydroxylation sites is 1. The number of nitriles is 1. The van der Waals surface area contributed by atoms with Crippen LogP contribution in [-0.4, -0.2) is 22.5 Å². The lowest BCUT2D eigenvalue weighted by Gasteiger charge is -2.30. The van der Waals surface area contributed by atoms with Crippen molar-refractivity contribution in [3.63, 3.8) is 0 Å². The number of benzene rings is 1. The van der Waals surface area contributed by atoms with E-state index in [2.05, 4.69) is 4.98 Å². The normalized spacial score (nSPS) is 15.4. The van der Waals surface area contributed by atoms with Gasteiger partial charge in [0.05, 0.1) is 23.1 Å². The van der Waals surface area contributed by atoms with E-state index >= 15 is 0 Å². The van der Waals surface area contributed by atoms with Gasteiger partial charge in [-0.2, -0.15) is 18.4 Å².